The van der Waals surface area contributed by atoms with Crippen molar-refractivity contribution in [2.45, 2.75) is 17.9 Å². The van der Waals surface area contributed by atoms with E-state index >= 15 is 0 Å². The van der Waals surface area contributed by atoms with Crippen LogP contribution < -0.4 is 5.32 Å². The van der Waals surface area contributed by atoms with Gasteiger partial charge in [-0.05, 0) is 24.6 Å². The molecule has 0 aliphatic carbocycles. The molecule has 0 spiro atoms. The summed E-state index contributed by atoms with van der Waals surface area (Å²) in [4.78, 5) is 12.8. The maximum absolute atomic E-state index is 11.8. The van der Waals surface area contributed by atoms with Gasteiger partial charge in [0, 0.05) is 11.4 Å². The molecule has 2 aromatic carbocycles. The predicted octanol–water partition coefficient (Wildman–Crippen LogP) is 2.94. The molecule has 0 bridgehead atoms. The van der Waals surface area contributed by atoms with Crippen LogP contribution in [-0.2, 0) is 4.79 Å². The summed E-state index contributed by atoms with van der Waals surface area (Å²) in [6.45, 7) is 2.27. The molecule has 0 heterocycles. The molecule has 0 fully saturated rings. The summed E-state index contributed by atoms with van der Waals surface area (Å²) < 4.78 is 0. The number of aliphatic hydroxyl groups is 1. The second-order valence-electron chi connectivity index (χ2n) is 4.83. The van der Waals surface area contributed by atoms with Crippen molar-refractivity contribution in [3.63, 3.8) is 0 Å². The topological polar surface area (TPSA) is 49.3 Å². The van der Waals surface area contributed by atoms with Gasteiger partial charge in [0.15, 0.2) is 0 Å². The van der Waals surface area contributed by atoms with Gasteiger partial charge in [0.05, 0.1) is 11.9 Å². The molecule has 110 valence electrons. The van der Waals surface area contributed by atoms with Gasteiger partial charge in [0.2, 0.25) is 5.91 Å². The highest BCUT2D eigenvalue weighted by molar-refractivity contribution is 8.00. The van der Waals surface area contributed by atoms with Gasteiger partial charge in [0.25, 0.3) is 0 Å². The van der Waals surface area contributed by atoms with E-state index in [0.29, 0.717) is 5.75 Å². The number of carbonyl (C=O) groups excluding carboxylic acids is 1. The molecule has 2 N–H and O–H groups in total. The number of amides is 1. The Kier molecular flexibility index (Phi) is 5.84. The SMILES string of the molecule is Cc1ccc(SCC(=O)NCC(O)c2ccccc2)cc1. The average molecular weight is 301 g/mol. The lowest BCUT2D eigenvalue weighted by molar-refractivity contribution is -0.119. The maximum atomic E-state index is 11.8. The van der Waals surface area contributed by atoms with Gasteiger partial charge in [-0.2, -0.15) is 0 Å². The first-order valence-corrected chi connectivity index (χ1v) is 7.83. The van der Waals surface area contributed by atoms with Gasteiger partial charge in [-0.15, -0.1) is 11.8 Å². The van der Waals surface area contributed by atoms with E-state index in [2.05, 4.69) is 5.32 Å². The highest BCUT2D eigenvalue weighted by atomic mass is 32.2. The number of carbonyl (C=O) groups is 1. The second kappa shape index (κ2) is 7.86. The molecule has 2 rings (SSSR count). The van der Waals surface area contributed by atoms with Crippen molar-refractivity contribution in [2.24, 2.45) is 0 Å². The zero-order chi connectivity index (χ0) is 15.1. The summed E-state index contributed by atoms with van der Waals surface area (Å²) in [7, 11) is 0. The minimum Gasteiger partial charge on any atom is -0.387 e. The number of aliphatic hydroxyl groups excluding tert-OH is 1. The van der Waals surface area contributed by atoms with Crippen molar-refractivity contribution in [1.29, 1.82) is 0 Å². The Morgan fingerprint density at radius 2 is 1.81 bits per heavy atom. The standard InChI is InChI=1S/C17H19NO2S/c1-13-7-9-15(10-8-13)21-12-17(20)18-11-16(19)14-5-3-2-4-6-14/h2-10,16,19H,11-12H2,1H3,(H,18,20). The molecule has 0 aliphatic rings. The van der Waals surface area contributed by atoms with Gasteiger partial charge in [-0.25, -0.2) is 0 Å². The first-order valence-electron chi connectivity index (χ1n) is 6.84. The van der Waals surface area contributed by atoms with Crippen LogP contribution in [0.15, 0.2) is 59.5 Å². The third kappa shape index (κ3) is 5.25. The van der Waals surface area contributed by atoms with Crippen LogP contribution in [-0.4, -0.2) is 23.3 Å². The van der Waals surface area contributed by atoms with Crippen molar-refractivity contribution in [1.82, 2.24) is 5.32 Å². The number of nitrogens with one attached hydrogen (secondary N) is 1. The summed E-state index contributed by atoms with van der Waals surface area (Å²) in [6.07, 6.45) is -0.667. The number of hydrogen-bond acceptors (Lipinski definition) is 3. The third-order valence-electron chi connectivity index (χ3n) is 3.07. The molecule has 1 unspecified atom stereocenters. The lowest BCUT2D eigenvalue weighted by Crippen LogP contribution is -2.29. The number of benzene rings is 2. The van der Waals surface area contributed by atoms with E-state index in [-0.39, 0.29) is 12.5 Å². The van der Waals surface area contributed by atoms with Crippen LogP contribution in [0.3, 0.4) is 0 Å². The van der Waals surface area contributed by atoms with Crippen LogP contribution in [0.4, 0.5) is 0 Å². The van der Waals surface area contributed by atoms with E-state index < -0.39 is 6.10 Å². The van der Waals surface area contributed by atoms with Gasteiger partial charge in [0.1, 0.15) is 0 Å². The minimum atomic E-state index is -0.667. The molecule has 0 aliphatic heterocycles. The van der Waals surface area contributed by atoms with Crippen LogP contribution >= 0.6 is 11.8 Å². The van der Waals surface area contributed by atoms with Crippen LogP contribution in [0.25, 0.3) is 0 Å². The summed E-state index contributed by atoms with van der Waals surface area (Å²) in [5.41, 5.74) is 2.01. The summed E-state index contributed by atoms with van der Waals surface area (Å²) in [6, 6.07) is 17.4. The number of rotatable bonds is 6. The Morgan fingerprint density at radius 3 is 2.48 bits per heavy atom. The molecule has 1 atom stereocenters. The first-order chi connectivity index (χ1) is 10.1. The minimum absolute atomic E-state index is 0.0736. The van der Waals surface area contributed by atoms with Crippen LogP contribution in [0.5, 0.6) is 0 Å². The normalized spacial score (nSPS) is 11.9. The Bertz CT molecular complexity index is 569. The number of aryl methyl sites for hydroxylation is 1. The quantitative estimate of drug-likeness (QED) is 0.807. The fourth-order valence-electron chi connectivity index (χ4n) is 1.84. The largest absolute Gasteiger partial charge is 0.387 e. The van der Waals surface area contributed by atoms with Crippen LogP contribution in [0, 0.1) is 6.92 Å². The predicted molar refractivity (Wildman–Crippen MR) is 86.3 cm³/mol. The zero-order valence-corrected chi connectivity index (χ0v) is 12.8. The monoisotopic (exact) mass is 301 g/mol. The van der Waals surface area contributed by atoms with Crippen molar-refractivity contribution in [3.05, 3.63) is 65.7 Å². The van der Waals surface area contributed by atoms with Gasteiger partial charge in [-0.1, -0.05) is 48.0 Å². The second-order valence-corrected chi connectivity index (χ2v) is 5.88. The number of thioether (sulfide) groups is 1. The Hall–Kier alpha value is -1.78. The van der Waals surface area contributed by atoms with Gasteiger partial charge >= 0.3 is 0 Å². The van der Waals surface area contributed by atoms with Crippen molar-refractivity contribution in [3.8, 4) is 0 Å². The lowest BCUT2D eigenvalue weighted by Gasteiger charge is -2.12. The first kappa shape index (κ1) is 15.6. The Morgan fingerprint density at radius 1 is 1.14 bits per heavy atom. The smallest absolute Gasteiger partial charge is 0.230 e. The van der Waals surface area contributed by atoms with E-state index in [4.69, 9.17) is 0 Å². The maximum Gasteiger partial charge on any atom is 0.230 e. The highest BCUT2D eigenvalue weighted by Gasteiger charge is 2.09. The molecule has 0 saturated carbocycles. The van der Waals surface area contributed by atoms with E-state index in [1.54, 1.807) is 0 Å². The van der Waals surface area contributed by atoms with E-state index in [0.717, 1.165) is 10.5 Å². The molecule has 1 amide bonds. The van der Waals surface area contributed by atoms with Crippen molar-refractivity contribution < 1.29 is 9.90 Å². The molecule has 0 aromatic heterocycles. The fraction of sp³-hybridized carbons (Fsp3) is 0.235. The highest BCUT2D eigenvalue weighted by Crippen LogP contribution is 2.18. The lowest BCUT2D eigenvalue weighted by atomic mass is 10.1. The van der Waals surface area contributed by atoms with E-state index in [1.807, 2.05) is 61.5 Å². The zero-order valence-electron chi connectivity index (χ0n) is 12.0. The molecule has 0 radical (unpaired) electrons. The third-order valence-corrected chi connectivity index (χ3v) is 4.08. The number of hydrogen-bond donors (Lipinski definition) is 2. The molecule has 4 heteroatoms. The Labute approximate surface area is 129 Å². The van der Waals surface area contributed by atoms with Crippen LogP contribution in [0.2, 0.25) is 0 Å². The Balaban J connectivity index is 1.73. The molecule has 3 nitrogen and oxygen atoms in total. The van der Waals surface area contributed by atoms with Crippen LogP contribution in [0.1, 0.15) is 17.2 Å². The van der Waals surface area contributed by atoms with Gasteiger partial charge < -0.3 is 10.4 Å². The average Bonchev–Trinajstić information content (AvgIpc) is 2.53. The van der Waals surface area contributed by atoms with Crippen molar-refractivity contribution >= 4 is 17.7 Å². The molecular formula is C17H19NO2S. The molecule has 0 saturated heterocycles. The van der Waals surface area contributed by atoms with E-state index in [9.17, 15) is 9.90 Å². The van der Waals surface area contributed by atoms with Gasteiger partial charge in [-0.3, -0.25) is 4.79 Å². The molecule has 21 heavy (non-hydrogen) atoms. The summed E-state index contributed by atoms with van der Waals surface area (Å²) >= 11 is 1.49. The molecular weight excluding hydrogens is 282 g/mol. The van der Waals surface area contributed by atoms with Crippen molar-refractivity contribution in [2.75, 3.05) is 12.3 Å². The fourth-order valence-corrected chi connectivity index (χ4v) is 2.57. The molecule has 2 aromatic rings. The summed E-state index contributed by atoms with van der Waals surface area (Å²) in [5.74, 6) is 0.278. The van der Waals surface area contributed by atoms with E-state index in [1.165, 1.54) is 17.3 Å². The summed E-state index contributed by atoms with van der Waals surface area (Å²) in [5, 5.41) is 12.7.